The maximum Gasteiger partial charge on any atom is 0.255 e. The first-order chi connectivity index (χ1) is 11.6. The number of amides is 1. The fourth-order valence-corrected chi connectivity index (χ4v) is 3.76. The average molecular weight is 388 g/mol. The van der Waals surface area contributed by atoms with Gasteiger partial charge < -0.3 is 9.88 Å². The van der Waals surface area contributed by atoms with Crippen molar-refractivity contribution in [1.29, 1.82) is 0 Å². The van der Waals surface area contributed by atoms with E-state index in [-0.39, 0.29) is 17.8 Å². The molecule has 0 aliphatic carbocycles. The molecule has 24 heavy (non-hydrogen) atoms. The molecule has 1 unspecified atom stereocenters. The molecule has 3 aromatic rings. The van der Waals surface area contributed by atoms with E-state index in [1.54, 1.807) is 0 Å². The van der Waals surface area contributed by atoms with Crippen LogP contribution in [0.2, 0.25) is 0 Å². The van der Waals surface area contributed by atoms with Crippen LogP contribution in [0.4, 0.5) is 4.39 Å². The van der Waals surface area contributed by atoms with Crippen molar-refractivity contribution in [2.45, 2.75) is 18.9 Å². The molecule has 0 bridgehead atoms. The van der Waals surface area contributed by atoms with E-state index in [9.17, 15) is 9.18 Å². The van der Waals surface area contributed by atoms with E-state index in [0.29, 0.717) is 16.6 Å². The van der Waals surface area contributed by atoms with Crippen molar-refractivity contribution in [1.82, 2.24) is 14.9 Å². The molecule has 1 aromatic heterocycles. The normalized spacial score (nSPS) is 17.6. The van der Waals surface area contributed by atoms with Gasteiger partial charge in [-0.05, 0) is 59.1 Å². The number of hydrogen-bond donors (Lipinski definition) is 1. The number of rotatable bonds is 2. The molecule has 1 aliphatic heterocycles. The monoisotopic (exact) mass is 387 g/mol. The molecular formula is C18H15BrFN3O. The van der Waals surface area contributed by atoms with E-state index in [2.05, 4.69) is 25.9 Å². The second-order valence-corrected chi connectivity index (χ2v) is 6.77. The predicted octanol–water partition coefficient (Wildman–Crippen LogP) is 4.44. The highest BCUT2D eigenvalue weighted by molar-refractivity contribution is 9.10. The molecule has 1 aliphatic rings. The van der Waals surface area contributed by atoms with Crippen LogP contribution >= 0.6 is 15.9 Å². The Labute approximate surface area is 146 Å². The van der Waals surface area contributed by atoms with Gasteiger partial charge in [-0.25, -0.2) is 9.37 Å². The van der Waals surface area contributed by atoms with E-state index in [4.69, 9.17) is 0 Å². The molecule has 0 spiro atoms. The van der Waals surface area contributed by atoms with Crippen LogP contribution in [-0.4, -0.2) is 27.3 Å². The maximum absolute atomic E-state index is 13.3. The first-order valence-corrected chi connectivity index (χ1v) is 8.63. The Balaban J connectivity index is 1.68. The summed E-state index contributed by atoms with van der Waals surface area (Å²) in [6, 6.07) is 11.9. The van der Waals surface area contributed by atoms with Gasteiger partial charge in [0.05, 0.1) is 22.6 Å². The molecule has 0 saturated carbocycles. The number of halogens is 2. The van der Waals surface area contributed by atoms with Crippen LogP contribution in [0.5, 0.6) is 0 Å². The summed E-state index contributed by atoms with van der Waals surface area (Å²) in [6.07, 6.45) is 1.79. The van der Waals surface area contributed by atoms with Crippen molar-refractivity contribution in [2.75, 3.05) is 6.54 Å². The molecule has 1 fully saturated rings. The molecular weight excluding hydrogens is 373 g/mol. The van der Waals surface area contributed by atoms with Crippen LogP contribution in [0.3, 0.4) is 0 Å². The number of nitrogens with one attached hydrogen (secondary N) is 1. The maximum atomic E-state index is 13.3. The molecule has 2 aromatic carbocycles. The molecule has 6 heteroatoms. The number of carbonyl (C=O) groups is 1. The van der Waals surface area contributed by atoms with Gasteiger partial charge in [-0.15, -0.1) is 0 Å². The molecule has 0 radical (unpaired) electrons. The van der Waals surface area contributed by atoms with Crippen molar-refractivity contribution < 1.29 is 9.18 Å². The quantitative estimate of drug-likeness (QED) is 0.706. The van der Waals surface area contributed by atoms with Crippen LogP contribution in [0.1, 0.15) is 35.1 Å². The molecule has 4 rings (SSSR count). The summed E-state index contributed by atoms with van der Waals surface area (Å²) in [7, 11) is 0. The molecule has 4 nitrogen and oxygen atoms in total. The Morgan fingerprint density at radius 2 is 2.12 bits per heavy atom. The lowest BCUT2D eigenvalue weighted by Crippen LogP contribution is -2.31. The highest BCUT2D eigenvalue weighted by atomic mass is 79.9. The van der Waals surface area contributed by atoms with Crippen molar-refractivity contribution in [2.24, 2.45) is 0 Å². The molecule has 1 amide bonds. The number of aromatic nitrogens is 2. The number of para-hydroxylation sites is 2. The molecule has 1 atom stereocenters. The van der Waals surface area contributed by atoms with Gasteiger partial charge >= 0.3 is 0 Å². The van der Waals surface area contributed by atoms with Gasteiger partial charge in [0, 0.05) is 11.0 Å². The number of benzene rings is 2. The van der Waals surface area contributed by atoms with Crippen molar-refractivity contribution in [3.8, 4) is 0 Å². The Morgan fingerprint density at radius 3 is 2.92 bits per heavy atom. The zero-order valence-electron chi connectivity index (χ0n) is 12.8. The molecule has 2 heterocycles. The lowest BCUT2D eigenvalue weighted by Gasteiger charge is -2.23. The Bertz CT molecular complexity index is 891. The van der Waals surface area contributed by atoms with Crippen molar-refractivity contribution in [3.63, 3.8) is 0 Å². The standard InChI is InChI=1S/C18H15BrFN3O/c19-13-10-11(20)7-8-12(13)18(24)23-9-3-6-16(23)17-21-14-4-1-2-5-15(14)22-17/h1-2,4-5,7-8,10,16H,3,6,9H2,(H,21,22). The van der Waals surface area contributed by atoms with Crippen molar-refractivity contribution in [3.05, 3.63) is 64.1 Å². The number of imidazole rings is 1. The van der Waals surface area contributed by atoms with Gasteiger partial charge in [0.1, 0.15) is 11.6 Å². The number of carbonyl (C=O) groups excluding carboxylic acids is 1. The van der Waals surface area contributed by atoms with Crippen LogP contribution < -0.4 is 0 Å². The Hall–Kier alpha value is -2.21. The third-order valence-electron chi connectivity index (χ3n) is 4.40. The minimum Gasteiger partial charge on any atom is -0.340 e. The first kappa shape index (κ1) is 15.3. The van der Waals surface area contributed by atoms with E-state index in [0.717, 1.165) is 29.7 Å². The second kappa shape index (κ2) is 6.02. The van der Waals surface area contributed by atoms with E-state index in [1.807, 2.05) is 29.2 Å². The summed E-state index contributed by atoms with van der Waals surface area (Å²) in [6.45, 7) is 0.671. The number of fused-ring (bicyclic) bond motifs is 1. The van der Waals surface area contributed by atoms with Gasteiger partial charge in [0.25, 0.3) is 5.91 Å². The number of H-pyrrole nitrogens is 1. The van der Waals surface area contributed by atoms with Gasteiger partial charge in [-0.2, -0.15) is 0 Å². The third-order valence-corrected chi connectivity index (χ3v) is 5.05. The van der Waals surface area contributed by atoms with Gasteiger partial charge in [-0.3, -0.25) is 4.79 Å². The highest BCUT2D eigenvalue weighted by Crippen LogP contribution is 2.33. The molecule has 122 valence electrons. The van der Waals surface area contributed by atoms with E-state index in [1.165, 1.54) is 18.2 Å². The SMILES string of the molecule is O=C(c1ccc(F)cc1Br)N1CCCC1c1nc2ccccc2[nH]1. The Kier molecular flexibility index (Phi) is 3.84. The topological polar surface area (TPSA) is 49.0 Å². The highest BCUT2D eigenvalue weighted by Gasteiger charge is 2.33. The van der Waals surface area contributed by atoms with Gasteiger partial charge in [-0.1, -0.05) is 12.1 Å². The molecule has 1 saturated heterocycles. The lowest BCUT2D eigenvalue weighted by atomic mass is 10.1. The summed E-state index contributed by atoms with van der Waals surface area (Å²) in [5, 5.41) is 0. The zero-order valence-corrected chi connectivity index (χ0v) is 14.4. The number of hydrogen-bond acceptors (Lipinski definition) is 2. The van der Waals surface area contributed by atoms with E-state index >= 15 is 0 Å². The summed E-state index contributed by atoms with van der Waals surface area (Å²) >= 11 is 3.29. The van der Waals surface area contributed by atoms with Gasteiger partial charge in [0.15, 0.2) is 0 Å². The number of likely N-dealkylation sites (tertiary alicyclic amines) is 1. The smallest absolute Gasteiger partial charge is 0.255 e. The van der Waals surface area contributed by atoms with E-state index < -0.39 is 0 Å². The summed E-state index contributed by atoms with van der Waals surface area (Å²) in [5.74, 6) is 0.332. The number of aromatic amines is 1. The lowest BCUT2D eigenvalue weighted by molar-refractivity contribution is 0.0729. The first-order valence-electron chi connectivity index (χ1n) is 7.84. The summed E-state index contributed by atoms with van der Waals surface area (Å²) in [5.41, 5.74) is 2.34. The largest absolute Gasteiger partial charge is 0.340 e. The molecule has 1 N–H and O–H groups in total. The predicted molar refractivity (Wildman–Crippen MR) is 93.2 cm³/mol. The fraction of sp³-hybridized carbons (Fsp3) is 0.222. The van der Waals surface area contributed by atoms with Crippen molar-refractivity contribution >= 4 is 32.9 Å². The Morgan fingerprint density at radius 1 is 1.29 bits per heavy atom. The number of nitrogens with zero attached hydrogens (tertiary/aromatic N) is 2. The van der Waals surface area contributed by atoms with Crippen LogP contribution in [-0.2, 0) is 0 Å². The van der Waals surface area contributed by atoms with Crippen LogP contribution in [0.15, 0.2) is 46.9 Å². The minimum atomic E-state index is -0.367. The summed E-state index contributed by atoms with van der Waals surface area (Å²) in [4.78, 5) is 22.7. The fourth-order valence-electron chi connectivity index (χ4n) is 3.24. The third kappa shape index (κ3) is 2.60. The minimum absolute atomic E-state index is 0.0816. The average Bonchev–Trinajstić information content (AvgIpc) is 3.20. The summed E-state index contributed by atoms with van der Waals surface area (Å²) < 4.78 is 13.8. The van der Waals surface area contributed by atoms with Gasteiger partial charge in [0.2, 0.25) is 0 Å². The van der Waals surface area contributed by atoms with Crippen LogP contribution in [0.25, 0.3) is 11.0 Å². The zero-order chi connectivity index (χ0) is 16.7. The van der Waals surface area contributed by atoms with Crippen LogP contribution in [0, 0.1) is 5.82 Å². The second-order valence-electron chi connectivity index (χ2n) is 5.92.